The fourth-order valence-corrected chi connectivity index (χ4v) is 3.58. The van der Waals surface area contributed by atoms with Gasteiger partial charge in [0.05, 0.1) is 19.6 Å². The number of hydrogen-bond donors (Lipinski definition) is 1. The van der Waals surface area contributed by atoms with Crippen molar-refractivity contribution in [2.45, 2.75) is 19.4 Å². The Morgan fingerprint density at radius 2 is 2.32 bits per heavy atom. The molecule has 0 spiro atoms. The smallest absolute Gasteiger partial charge is 0.227 e. The second kappa shape index (κ2) is 6.33. The lowest BCUT2D eigenvalue weighted by molar-refractivity contribution is -0.139. The first-order valence-corrected chi connectivity index (χ1v) is 8.42. The fraction of sp³-hybridized carbons (Fsp3) is 0.389. The van der Waals surface area contributed by atoms with Crippen LogP contribution in [0.5, 0.6) is 0 Å². The molecule has 3 heterocycles. The molecule has 1 saturated heterocycles. The number of nitrogens with zero attached hydrogens (tertiary/aromatic N) is 4. The Morgan fingerprint density at radius 3 is 3.12 bits per heavy atom. The number of H-pyrrole nitrogens is 1. The van der Waals surface area contributed by atoms with Gasteiger partial charge in [0.2, 0.25) is 5.91 Å². The Balaban J connectivity index is 1.61. The predicted molar refractivity (Wildman–Crippen MR) is 93.0 cm³/mol. The van der Waals surface area contributed by atoms with Gasteiger partial charge < -0.3 is 14.6 Å². The van der Waals surface area contributed by atoms with Crippen LogP contribution in [0.15, 0.2) is 30.7 Å². The molecular weight excluding hydrogens is 318 g/mol. The Bertz CT molecular complexity index is 913. The standard InChI is InChI=1S/C18H21N5O2/c1-12-4-3-5-14-17(12)13(9-19-14)8-16(24)23-6-7-25-10-15(23)18-20-11-21-22(18)2/h3-5,9,11,15,19H,6-8,10H2,1-2H3. The number of rotatable bonds is 3. The first-order valence-electron chi connectivity index (χ1n) is 8.42. The Hall–Kier alpha value is -2.67. The van der Waals surface area contributed by atoms with E-state index >= 15 is 0 Å². The van der Waals surface area contributed by atoms with Crippen LogP contribution in [0, 0.1) is 6.92 Å². The van der Waals surface area contributed by atoms with Crippen molar-refractivity contribution < 1.29 is 9.53 Å². The van der Waals surface area contributed by atoms with Crippen LogP contribution in [-0.4, -0.2) is 50.3 Å². The number of hydrogen-bond acceptors (Lipinski definition) is 4. The van der Waals surface area contributed by atoms with Gasteiger partial charge in [0, 0.05) is 30.7 Å². The fourth-order valence-electron chi connectivity index (χ4n) is 3.58. The molecule has 1 amide bonds. The van der Waals surface area contributed by atoms with Gasteiger partial charge in [0.25, 0.3) is 0 Å². The van der Waals surface area contributed by atoms with Crippen molar-refractivity contribution in [1.29, 1.82) is 0 Å². The van der Waals surface area contributed by atoms with E-state index in [1.165, 1.54) is 11.9 Å². The Morgan fingerprint density at radius 1 is 1.44 bits per heavy atom. The monoisotopic (exact) mass is 339 g/mol. The largest absolute Gasteiger partial charge is 0.377 e. The van der Waals surface area contributed by atoms with E-state index in [0.29, 0.717) is 26.2 Å². The van der Waals surface area contributed by atoms with E-state index in [4.69, 9.17) is 4.74 Å². The molecule has 0 saturated carbocycles. The number of aryl methyl sites for hydroxylation is 2. The summed E-state index contributed by atoms with van der Waals surface area (Å²) in [5.74, 6) is 0.837. The highest BCUT2D eigenvalue weighted by atomic mass is 16.5. The van der Waals surface area contributed by atoms with Crippen molar-refractivity contribution >= 4 is 16.8 Å². The van der Waals surface area contributed by atoms with Crippen molar-refractivity contribution in [3.63, 3.8) is 0 Å². The Labute approximate surface area is 145 Å². The summed E-state index contributed by atoms with van der Waals surface area (Å²) in [5, 5.41) is 5.26. The molecule has 1 atom stereocenters. The molecule has 1 N–H and O–H groups in total. The van der Waals surface area contributed by atoms with E-state index < -0.39 is 0 Å². The van der Waals surface area contributed by atoms with Crippen LogP contribution in [0.1, 0.15) is 23.0 Å². The number of morpholine rings is 1. The minimum atomic E-state index is -0.194. The molecule has 4 rings (SSSR count). The quantitative estimate of drug-likeness (QED) is 0.789. The van der Waals surface area contributed by atoms with Gasteiger partial charge in [0.1, 0.15) is 12.4 Å². The highest BCUT2D eigenvalue weighted by Crippen LogP contribution is 2.26. The van der Waals surface area contributed by atoms with Crippen molar-refractivity contribution in [2.24, 2.45) is 7.05 Å². The van der Waals surface area contributed by atoms with Gasteiger partial charge in [-0.15, -0.1) is 0 Å². The van der Waals surface area contributed by atoms with Crippen molar-refractivity contribution in [3.8, 4) is 0 Å². The number of amides is 1. The van der Waals surface area contributed by atoms with E-state index in [1.54, 1.807) is 4.68 Å². The van der Waals surface area contributed by atoms with Crippen LogP contribution < -0.4 is 0 Å². The average molecular weight is 339 g/mol. The molecule has 3 aromatic rings. The van der Waals surface area contributed by atoms with Crippen LogP contribution in [-0.2, 0) is 23.0 Å². The lowest BCUT2D eigenvalue weighted by atomic mass is 10.0. The zero-order chi connectivity index (χ0) is 17.4. The molecule has 1 fully saturated rings. The number of fused-ring (bicyclic) bond motifs is 1. The summed E-state index contributed by atoms with van der Waals surface area (Å²) in [4.78, 5) is 22.5. The highest BCUT2D eigenvalue weighted by molar-refractivity contribution is 5.91. The lowest BCUT2D eigenvalue weighted by Gasteiger charge is -2.34. The summed E-state index contributed by atoms with van der Waals surface area (Å²) >= 11 is 0. The van der Waals surface area contributed by atoms with E-state index in [0.717, 1.165) is 22.3 Å². The minimum absolute atomic E-state index is 0.0838. The molecule has 1 aliphatic heterocycles. The topological polar surface area (TPSA) is 76.0 Å². The van der Waals surface area contributed by atoms with Crippen LogP contribution in [0.2, 0.25) is 0 Å². The van der Waals surface area contributed by atoms with Gasteiger partial charge in [-0.1, -0.05) is 12.1 Å². The molecule has 0 aliphatic carbocycles. The van der Waals surface area contributed by atoms with Crippen molar-refractivity contribution in [2.75, 3.05) is 19.8 Å². The molecule has 0 radical (unpaired) electrons. The second-order valence-electron chi connectivity index (χ2n) is 6.41. The van der Waals surface area contributed by atoms with Crippen LogP contribution in [0.3, 0.4) is 0 Å². The third-order valence-corrected chi connectivity index (χ3v) is 4.83. The van der Waals surface area contributed by atoms with Gasteiger partial charge in [0.15, 0.2) is 5.82 Å². The summed E-state index contributed by atoms with van der Waals surface area (Å²) < 4.78 is 7.29. The molecular formula is C18H21N5O2. The molecule has 130 valence electrons. The molecule has 1 aliphatic rings. The maximum absolute atomic E-state index is 13.0. The Kier molecular flexibility index (Phi) is 4.01. The van der Waals surface area contributed by atoms with Gasteiger partial charge >= 0.3 is 0 Å². The van der Waals surface area contributed by atoms with E-state index in [9.17, 15) is 4.79 Å². The number of nitrogens with one attached hydrogen (secondary N) is 1. The SMILES string of the molecule is Cc1cccc2[nH]cc(CC(=O)N3CCOCC3c3ncnn3C)c12. The third-order valence-electron chi connectivity index (χ3n) is 4.83. The maximum atomic E-state index is 13.0. The summed E-state index contributed by atoms with van der Waals surface area (Å²) in [6.07, 6.45) is 3.81. The second-order valence-corrected chi connectivity index (χ2v) is 6.41. The average Bonchev–Trinajstić information content (AvgIpc) is 3.22. The summed E-state index contributed by atoms with van der Waals surface area (Å²) in [7, 11) is 1.84. The number of aromatic nitrogens is 4. The summed E-state index contributed by atoms with van der Waals surface area (Å²) in [5.41, 5.74) is 3.27. The molecule has 1 unspecified atom stereocenters. The number of benzene rings is 1. The zero-order valence-electron chi connectivity index (χ0n) is 14.4. The van der Waals surface area contributed by atoms with Gasteiger partial charge in [-0.05, 0) is 24.1 Å². The number of aromatic amines is 1. The molecule has 7 heteroatoms. The van der Waals surface area contributed by atoms with E-state index in [-0.39, 0.29) is 11.9 Å². The van der Waals surface area contributed by atoms with Crippen LogP contribution >= 0.6 is 0 Å². The highest BCUT2D eigenvalue weighted by Gasteiger charge is 2.31. The third kappa shape index (κ3) is 2.80. The van der Waals surface area contributed by atoms with Gasteiger partial charge in [-0.2, -0.15) is 5.10 Å². The number of ether oxygens (including phenoxy) is 1. The first-order chi connectivity index (χ1) is 12.1. The number of carbonyl (C=O) groups is 1. The van der Waals surface area contributed by atoms with Crippen LogP contribution in [0.4, 0.5) is 0 Å². The maximum Gasteiger partial charge on any atom is 0.227 e. The minimum Gasteiger partial charge on any atom is -0.377 e. The first kappa shape index (κ1) is 15.8. The van der Waals surface area contributed by atoms with Gasteiger partial charge in [-0.25, -0.2) is 4.98 Å². The normalized spacial score (nSPS) is 18.0. The zero-order valence-corrected chi connectivity index (χ0v) is 14.4. The number of carbonyl (C=O) groups excluding carboxylic acids is 1. The van der Waals surface area contributed by atoms with E-state index in [1.807, 2.05) is 30.3 Å². The molecule has 1 aromatic carbocycles. The summed E-state index contributed by atoms with van der Waals surface area (Å²) in [6.45, 7) is 3.64. The molecule has 2 aromatic heterocycles. The van der Waals surface area contributed by atoms with Crippen LogP contribution in [0.25, 0.3) is 10.9 Å². The predicted octanol–water partition coefficient (Wildman–Crippen LogP) is 1.75. The van der Waals surface area contributed by atoms with E-state index in [2.05, 4.69) is 28.1 Å². The lowest BCUT2D eigenvalue weighted by Crippen LogP contribution is -2.45. The molecule has 7 nitrogen and oxygen atoms in total. The van der Waals surface area contributed by atoms with Crippen molar-refractivity contribution in [1.82, 2.24) is 24.6 Å². The molecule has 0 bridgehead atoms. The summed E-state index contributed by atoms with van der Waals surface area (Å²) in [6, 6.07) is 5.93. The van der Waals surface area contributed by atoms with Crippen molar-refractivity contribution in [3.05, 3.63) is 47.7 Å². The van der Waals surface area contributed by atoms with Gasteiger partial charge in [-0.3, -0.25) is 9.48 Å². The molecule has 25 heavy (non-hydrogen) atoms.